The van der Waals surface area contributed by atoms with Gasteiger partial charge in [0, 0.05) is 15.8 Å². The zero-order chi connectivity index (χ0) is 21.6. The highest BCUT2D eigenvalue weighted by Crippen LogP contribution is 2.54. The van der Waals surface area contributed by atoms with Crippen LogP contribution in [0.5, 0.6) is 5.75 Å². The summed E-state index contributed by atoms with van der Waals surface area (Å²) in [7, 11) is -1.54. The molecule has 0 spiro atoms. The molecule has 4 rings (SSSR count). The maximum Gasteiger partial charge on any atom is 0.165 e. The Bertz CT molecular complexity index is 842. The fraction of sp³-hybridized carbons (Fsp3) is 0.478. The number of fused-ring (bicyclic) bond motifs is 3. The Morgan fingerprint density at radius 2 is 1.62 bits per heavy atom. The monoisotopic (exact) mass is 442 g/mol. The van der Waals surface area contributed by atoms with Crippen molar-refractivity contribution in [2.75, 3.05) is 6.61 Å². The Hall–Kier alpha value is -1.46. The second-order valence-electron chi connectivity index (χ2n) is 6.60. The van der Waals surface area contributed by atoms with E-state index in [1.165, 1.54) is 0 Å². The van der Waals surface area contributed by atoms with Crippen molar-refractivity contribution in [1.29, 1.82) is 0 Å². The van der Waals surface area contributed by atoms with Crippen molar-refractivity contribution in [2.45, 2.75) is 63.0 Å². The van der Waals surface area contributed by atoms with E-state index in [4.69, 9.17) is 16.3 Å². The first-order chi connectivity index (χ1) is 14.0. The van der Waals surface area contributed by atoms with Gasteiger partial charge in [-0.2, -0.15) is 0 Å². The largest absolute Gasteiger partial charge is 0.490 e. The van der Waals surface area contributed by atoms with Crippen molar-refractivity contribution in [2.24, 2.45) is 5.92 Å². The van der Waals surface area contributed by atoms with E-state index >= 15 is 0 Å². The molecule has 2 unspecified atom stereocenters. The van der Waals surface area contributed by atoms with Crippen LogP contribution in [0.4, 0.5) is 8.78 Å². The van der Waals surface area contributed by atoms with Gasteiger partial charge in [-0.15, -0.1) is 0 Å². The lowest BCUT2D eigenvalue weighted by Crippen LogP contribution is -2.48. The molecule has 1 aliphatic carbocycles. The lowest BCUT2D eigenvalue weighted by Gasteiger charge is -2.47. The maximum atomic E-state index is 14.8. The summed E-state index contributed by atoms with van der Waals surface area (Å²) in [6, 6.07) is 8.92. The first-order valence-electron chi connectivity index (χ1n) is 10.3. The minimum Gasteiger partial charge on any atom is -0.490 e. The Morgan fingerprint density at radius 1 is 1.00 bits per heavy atom. The van der Waals surface area contributed by atoms with Crippen molar-refractivity contribution in [3.8, 4) is 5.75 Å². The van der Waals surface area contributed by atoms with Crippen molar-refractivity contribution >= 4 is 22.4 Å². The molecule has 0 bridgehead atoms. The smallest absolute Gasteiger partial charge is 0.165 e. The van der Waals surface area contributed by atoms with Crippen LogP contribution in [0.1, 0.15) is 58.9 Å². The third kappa shape index (κ3) is 4.36. The predicted molar refractivity (Wildman–Crippen MR) is 116 cm³/mol. The molecular weight excluding hydrogens is 414 g/mol. The lowest BCUT2D eigenvalue weighted by molar-refractivity contribution is 0.127. The number of hydrogen-bond donors (Lipinski definition) is 0. The van der Waals surface area contributed by atoms with Gasteiger partial charge in [-0.1, -0.05) is 52.1 Å². The second kappa shape index (κ2) is 10.5. The molecule has 0 saturated heterocycles. The summed E-state index contributed by atoms with van der Waals surface area (Å²) < 4.78 is 47.3. The minimum absolute atomic E-state index is 0.0829. The van der Waals surface area contributed by atoms with Crippen LogP contribution in [0, 0.1) is 17.6 Å². The highest BCUT2D eigenvalue weighted by Gasteiger charge is 2.54. The van der Waals surface area contributed by atoms with Crippen molar-refractivity contribution < 1.29 is 17.7 Å². The van der Waals surface area contributed by atoms with Crippen molar-refractivity contribution in [3.63, 3.8) is 0 Å². The van der Waals surface area contributed by atoms with Crippen molar-refractivity contribution in [1.82, 2.24) is 0 Å². The Labute approximate surface area is 180 Å². The van der Waals surface area contributed by atoms with Gasteiger partial charge in [-0.3, -0.25) is 4.21 Å². The van der Waals surface area contributed by atoms with E-state index in [-0.39, 0.29) is 23.8 Å². The fourth-order valence-corrected chi connectivity index (χ4v) is 6.24. The summed E-state index contributed by atoms with van der Waals surface area (Å²) in [6.07, 6.45) is 3.13. The number of hydrogen-bond acceptors (Lipinski definition) is 2. The fourth-order valence-electron chi connectivity index (χ4n) is 4.12. The van der Waals surface area contributed by atoms with Crippen LogP contribution in [0.2, 0.25) is 5.02 Å². The molecule has 0 N–H and O–H groups in total. The summed E-state index contributed by atoms with van der Waals surface area (Å²) in [6.45, 7) is 8.26. The summed E-state index contributed by atoms with van der Waals surface area (Å²) in [5.74, 6) is -1.35. The Balaban J connectivity index is 0.000000707. The molecule has 1 fully saturated rings. The Kier molecular flexibility index (Phi) is 8.65. The molecule has 3 atom stereocenters. The average molecular weight is 443 g/mol. The van der Waals surface area contributed by atoms with Crippen LogP contribution < -0.4 is 4.74 Å². The van der Waals surface area contributed by atoms with Crippen LogP contribution in [0.15, 0.2) is 41.3 Å². The topological polar surface area (TPSA) is 26.3 Å². The van der Waals surface area contributed by atoms with Gasteiger partial charge in [0.1, 0.15) is 5.82 Å². The van der Waals surface area contributed by atoms with E-state index < -0.39 is 27.2 Å². The van der Waals surface area contributed by atoms with E-state index in [9.17, 15) is 13.0 Å². The molecule has 1 saturated carbocycles. The molecule has 29 heavy (non-hydrogen) atoms. The molecule has 2 aromatic rings. The van der Waals surface area contributed by atoms with Crippen molar-refractivity contribution in [3.05, 3.63) is 58.6 Å². The normalized spacial score (nSPS) is 23.1. The van der Waals surface area contributed by atoms with Crippen LogP contribution in [-0.4, -0.2) is 10.8 Å². The molecular formula is C23H29ClF2O2S. The van der Waals surface area contributed by atoms with Crippen LogP contribution >= 0.6 is 11.6 Å². The summed E-state index contributed by atoms with van der Waals surface area (Å²) in [4.78, 5) is 0.577. The van der Waals surface area contributed by atoms with Gasteiger partial charge in [-0.25, -0.2) is 8.78 Å². The van der Waals surface area contributed by atoms with E-state index in [1.807, 2.05) is 27.7 Å². The molecule has 2 nitrogen and oxygen atoms in total. The lowest BCUT2D eigenvalue weighted by atomic mass is 9.73. The molecule has 6 heteroatoms. The first-order valence-corrected chi connectivity index (χ1v) is 11.9. The third-order valence-corrected chi connectivity index (χ3v) is 7.64. The first kappa shape index (κ1) is 23.8. The standard InChI is InChI=1S/C19H17ClF2O2S.2C2H6/c20-13-4-6-14(7-5-13)25(23)19-10-2-1-3-12(19)11-24-18-16(22)9-8-15(21)17(18)19;2*1-2/h4-9,12H,1-3,10-11H2;2*1-2H3/t12?,19-,25?;;/m0../s1. The maximum absolute atomic E-state index is 14.8. The van der Waals surface area contributed by atoms with Crippen LogP contribution in [0.3, 0.4) is 0 Å². The van der Waals surface area contributed by atoms with Crippen LogP contribution in [0.25, 0.3) is 0 Å². The quantitative estimate of drug-likeness (QED) is 0.489. The number of rotatable bonds is 2. The van der Waals surface area contributed by atoms with Gasteiger partial charge in [0.15, 0.2) is 11.6 Å². The molecule has 160 valence electrons. The molecule has 0 amide bonds. The molecule has 2 aromatic carbocycles. The van der Waals surface area contributed by atoms with Crippen LogP contribution in [-0.2, 0) is 15.5 Å². The average Bonchev–Trinajstić information content (AvgIpc) is 2.78. The predicted octanol–water partition coefficient (Wildman–Crippen LogP) is 7.26. The molecule has 0 aromatic heterocycles. The van der Waals surface area contributed by atoms with Gasteiger partial charge in [0.2, 0.25) is 0 Å². The van der Waals surface area contributed by atoms with Gasteiger partial charge >= 0.3 is 0 Å². The summed E-state index contributed by atoms with van der Waals surface area (Å²) in [5, 5.41) is 0.544. The van der Waals surface area contributed by atoms with Gasteiger partial charge in [0.05, 0.1) is 27.7 Å². The van der Waals surface area contributed by atoms with E-state index in [1.54, 1.807) is 24.3 Å². The number of benzene rings is 2. The number of halogens is 3. The Morgan fingerprint density at radius 3 is 2.28 bits per heavy atom. The SMILES string of the molecule is CC.CC.O=S(c1ccc(Cl)cc1)[C@@]12CCCCC1COc1c(F)ccc(F)c12. The highest BCUT2D eigenvalue weighted by atomic mass is 35.5. The van der Waals surface area contributed by atoms with Gasteiger partial charge in [0.25, 0.3) is 0 Å². The van der Waals surface area contributed by atoms with Gasteiger partial charge in [-0.05, 0) is 49.2 Å². The zero-order valence-corrected chi connectivity index (χ0v) is 19.0. The molecule has 1 heterocycles. The summed E-state index contributed by atoms with van der Waals surface area (Å²) >= 11 is 5.94. The van der Waals surface area contributed by atoms with E-state index in [0.717, 1.165) is 31.4 Å². The van der Waals surface area contributed by atoms with Gasteiger partial charge < -0.3 is 4.74 Å². The van der Waals surface area contributed by atoms with E-state index in [0.29, 0.717) is 16.3 Å². The van der Waals surface area contributed by atoms with E-state index in [2.05, 4.69) is 0 Å². The number of ether oxygens (including phenoxy) is 1. The zero-order valence-electron chi connectivity index (χ0n) is 17.4. The summed E-state index contributed by atoms with van der Waals surface area (Å²) in [5.41, 5.74) is 0.136. The second-order valence-corrected chi connectivity index (χ2v) is 8.77. The highest BCUT2D eigenvalue weighted by molar-refractivity contribution is 7.86. The molecule has 2 aliphatic rings. The molecule has 1 aliphatic heterocycles. The minimum atomic E-state index is -1.54. The third-order valence-electron chi connectivity index (χ3n) is 5.28. The molecule has 0 radical (unpaired) electrons.